The van der Waals surface area contributed by atoms with Crippen LogP contribution in [0.2, 0.25) is 0 Å². The lowest BCUT2D eigenvalue weighted by molar-refractivity contribution is -0.128. The molecular formula is C22H29FN2O2. The minimum atomic E-state index is -1.17. The second-order valence-corrected chi connectivity index (χ2v) is 8.81. The van der Waals surface area contributed by atoms with Crippen molar-refractivity contribution in [1.29, 1.82) is 0 Å². The number of carbonyl (C=O) groups excluding carboxylic acids is 1. The van der Waals surface area contributed by atoms with Gasteiger partial charge in [-0.2, -0.15) is 0 Å². The number of alkyl halides is 1. The van der Waals surface area contributed by atoms with Gasteiger partial charge in [-0.3, -0.25) is 4.79 Å². The summed E-state index contributed by atoms with van der Waals surface area (Å²) in [6.07, 6.45) is 2.82. The fourth-order valence-corrected chi connectivity index (χ4v) is 5.46. The number of rotatable bonds is 5. The first kappa shape index (κ1) is 18.6. The molecule has 1 aromatic heterocycles. The second-order valence-electron chi connectivity index (χ2n) is 8.81. The van der Waals surface area contributed by atoms with Crippen molar-refractivity contribution in [3.63, 3.8) is 0 Å². The quantitative estimate of drug-likeness (QED) is 0.847. The summed E-state index contributed by atoms with van der Waals surface area (Å²) in [5.41, 5.74) is 3.71. The van der Waals surface area contributed by atoms with Crippen molar-refractivity contribution in [1.82, 2.24) is 9.88 Å². The van der Waals surface area contributed by atoms with Crippen LogP contribution in [-0.4, -0.2) is 53.2 Å². The molecule has 0 spiro atoms. The largest absolute Gasteiger partial charge is 0.396 e. The number of nitrogens with zero attached hydrogens (tertiary/aromatic N) is 1. The van der Waals surface area contributed by atoms with E-state index >= 15 is 0 Å². The van der Waals surface area contributed by atoms with Gasteiger partial charge in [-0.1, -0.05) is 19.1 Å². The molecule has 0 amide bonds. The lowest BCUT2D eigenvalue weighted by Gasteiger charge is -2.52. The number of likely N-dealkylation sites (N-methyl/N-ethyl adjacent to an activating group) is 1. The molecule has 5 atom stereocenters. The van der Waals surface area contributed by atoms with E-state index in [1.165, 1.54) is 23.4 Å². The van der Waals surface area contributed by atoms with Gasteiger partial charge in [0.15, 0.2) is 0 Å². The number of H-pyrrole nitrogens is 1. The van der Waals surface area contributed by atoms with Gasteiger partial charge in [0, 0.05) is 60.0 Å². The average Bonchev–Trinajstić information content (AvgIpc) is 3.05. The van der Waals surface area contributed by atoms with E-state index in [0.717, 1.165) is 18.4 Å². The number of benzene rings is 1. The maximum absolute atomic E-state index is 13.7. The van der Waals surface area contributed by atoms with Crippen LogP contribution in [0.15, 0.2) is 24.4 Å². The fourth-order valence-electron chi connectivity index (χ4n) is 5.46. The Hall–Kier alpha value is -1.72. The van der Waals surface area contributed by atoms with Crippen LogP contribution in [0.4, 0.5) is 4.39 Å². The smallest absolute Gasteiger partial charge is 0.137 e. The highest BCUT2D eigenvalue weighted by Gasteiger charge is 2.49. The molecule has 1 saturated heterocycles. The number of ketones is 1. The van der Waals surface area contributed by atoms with Crippen molar-refractivity contribution < 1.29 is 14.3 Å². The van der Waals surface area contributed by atoms with Crippen LogP contribution in [0.5, 0.6) is 0 Å². The Morgan fingerprint density at radius 2 is 2.26 bits per heavy atom. The molecule has 146 valence electrons. The summed E-state index contributed by atoms with van der Waals surface area (Å²) in [5, 5.41) is 10.7. The van der Waals surface area contributed by atoms with Crippen molar-refractivity contribution in [2.75, 3.05) is 20.2 Å². The lowest BCUT2D eigenvalue weighted by Crippen LogP contribution is -2.58. The molecule has 2 aromatic rings. The van der Waals surface area contributed by atoms with Crippen molar-refractivity contribution in [3.8, 4) is 0 Å². The van der Waals surface area contributed by atoms with Crippen LogP contribution in [-0.2, 0) is 16.6 Å². The van der Waals surface area contributed by atoms with Gasteiger partial charge in [-0.05, 0) is 44.0 Å². The van der Waals surface area contributed by atoms with Gasteiger partial charge in [0.05, 0.1) is 0 Å². The highest BCUT2D eigenvalue weighted by molar-refractivity contribution is 5.89. The molecule has 0 bridgehead atoms. The Balaban J connectivity index is 1.66. The predicted octanol–water partition coefficient (Wildman–Crippen LogP) is 3.23. The number of aromatic amines is 1. The molecule has 4 nitrogen and oxygen atoms in total. The maximum Gasteiger partial charge on any atom is 0.137 e. The third-order valence-electron chi connectivity index (χ3n) is 7.07. The standard InChI is InChI=1S/C22H29FN2O2/c1-13(23)15(12-26)7-19(27)16-9-22(2)17-5-4-6-18-21(17)14(10-24-18)8-20(22)25(3)11-16/h4-6,10,13,15-16,20,24,26H,7-9,11-12H2,1-3H3. The third-order valence-corrected chi connectivity index (χ3v) is 7.07. The molecule has 4 rings (SSSR count). The highest BCUT2D eigenvalue weighted by atomic mass is 19.1. The van der Waals surface area contributed by atoms with Crippen molar-refractivity contribution in [2.24, 2.45) is 11.8 Å². The lowest BCUT2D eigenvalue weighted by atomic mass is 9.61. The fraction of sp³-hybridized carbons (Fsp3) is 0.591. The van der Waals surface area contributed by atoms with Crippen LogP contribution in [0, 0.1) is 11.8 Å². The molecule has 2 aliphatic rings. The van der Waals surface area contributed by atoms with E-state index in [-0.39, 0.29) is 30.1 Å². The van der Waals surface area contributed by atoms with Crippen molar-refractivity contribution >= 4 is 16.7 Å². The van der Waals surface area contributed by atoms with E-state index in [4.69, 9.17) is 0 Å². The molecule has 1 aliphatic heterocycles. The molecule has 27 heavy (non-hydrogen) atoms. The number of hydrogen-bond acceptors (Lipinski definition) is 3. The first-order valence-corrected chi connectivity index (χ1v) is 9.92. The summed E-state index contributed by atoms with van der Waals surface area (Å²) >= 11 is 0. The van der Waals surface area contributed by atoms with Gasteiger partial charge in [0.1, 0.15) is 12.0 Å². The minimum absolute atomic E-state index is 0.0807. The molecular weight excluding hydrogens is 343 g/mol. The van der Waals surface area contributed by atoms with Crippen LogP contribution < -0.4 is 0 Å². The zero-order valence-corrected chi connectivity index (χ0v) is 16.3. The topological polar surface area (TPSA) is 56.3 Å². The van der Waals surface area contributed by atoms with Gasteiger partial charge in [0.2, 0.25) is 0 Å². The zero-order valence-electron chi connectivity index (χ0n) is 16.3. The maximum atomic E-state index is 13.7. The number of fused-ring (bicyclic) bond motifs is 2. The van der Waals surface area contributed by atoms with Gasteiger partial charge < -0.3 is 15.0 Å². The summed E-state index contributed by atoms with van der Waals surface area (Å²) in [5.74, 6) is -0.642. The summed E-state index contributed by atoms with van der Waals surface area (Å²) in [7, 11) is 2.10. The van der Waals surface area contributed by atoms with Crippen LogP contribution in [0.3, 0.4) is 0 Å². The van der Waals surface area contributed by atoms with E-state index in [9.17, 15) is 14.3 Å². The molecule has 2 N–H and O–H groups in total. The number of halogens is 1. The van der Waals surface area contributed by atoms with Gasteiger partial charge in [-0.25, -0.2) is 4.39 Å². The molecule has 1 aromatic carbocycles. The molecule has 5 heteroatoms. The summed E-state index contributed by atoms with van der Waals surface area (Å²) in [6.45, 7) is 4.12. The van der Waals surface area contributed by atoms with Crippen LogP contribution >= 0.6 is 0 Å². The van der Waals surface area contributed by atoms with E-state index in [2.05, 4.69) is 48.3 Å². The number of aliphatic hydroxyl groups excluding tert-OH is 1. The highest BCUT2D eigenvalue weighted by Crippen LogP contribution is 2.48. The van der Waals surface area contributed by atoms with Crippen molar-refractivity contribution in [3.05, 3.63) is 35.5 Å². The molecule has 2 heterocycles. The van der Waals surface area contributed by atoms with Gasteiger partial charge in [0.25, 0.3) is 0 Å². The summed E-state index contributed by atoms with van der Waals surface area (Å²) in [4.78, 5) is 18.7. The van der Waals surface area contributed by atoms with Gasteiger partial charge in [-0.15, -0.1) is 0 Å². The van der Waals surface area contributed by atoms with E-state index in [1.54, 1.807) is 0 Å². The normalized spacial score (nSPS) is 30.1. The van der Waals surface area contributed by atoms with E-state index < -0.39 is 12.1 Å². The second kappa shape index (κ2) is 6.71. The number of hydrogen-bond donors (Lipinski definition) is 2. The minimum Gasteiger partial charge on any atom is -0.396 e. The summed E-state index contributed by atoms with van der Waals surface area (Å²) in [6, 6.07) is 6.75. The number of aliphatic hydroxyl groups is 1. The zero-order chi connectivity index (χ0) is 19.3. The monoisotopic (exact) mass is 372 g/mol. The average molecular weight is 372 g/mol. The molecule has 1 aliphatic carbocycles. The third kappa shape index (κ3) is 2.92. The number of Topliss-reactive ketones (excluding diaryl/α,β-unsaturated/α-hetero) is 1. The molecule has 0 saturated carbocycles. The number of carbonyl (C=O) groups is 1. The predicted molar refractivity (Wildman–Crippen MR) is 105 cm³/mol. The SMILES string of the molecule is CC(F)C(CO)CC(=O)C1CN(C)C2Cc3c[nH]c4cccc(c34)C2(C)C1. The first-order chi connectivity index (χ1) is 12.8. The number of nitrogens with one attached hydrogen (secondary N) is 1. The summed E-state index contributed by atoms with van der Waals surface area (Å²) < 4.78 is 13.7. The van der Waals surface area contributed by atoms with Crippen molar-refractivity contribution in [2.45, 2.75) is 50.7 Å². The Morgan fingerprint density at radius 3 is 2.96 bits per heavy atom. The Labute approximate surface area is 159 Å². The van der Waals surface area contributed by atoms with E-state index in [0.29, 0.717) is 12.6 Å². The molecule has 0 radical (unpaired) electrons. The molecule has 1 fully saturated rings. The van der Waals surface area contributed by atoms with E-state index in [1.807, 2.05) is 0 Å². The Morgan fingerprint density at radius 1 is 1.48 bits per heavy atom. The Bertz CT molecular complexity index is 861. The van der Waals surface area contributed by atoms with Crippen LogP contribution in [0.25, 0.3) is 10.9 Å². The van der Waals surface area contributed by atoms with Crippen LogP contribution in [0.1, 0.15) is 37.8 Å². The Kier molecular flexibility index (Phi) is 4.63. The van der Waals surface area contributed by atoms with Gasteiger partial charge >= 0.3 is 0 Å². The number of likely N-dealkylation sites (tertiary alicyclic amines) is 1. The number of piperidine rings is 1. The first-order valence-electron chi connectivity index (χ1n) is 9.92. The number of aromatic nitrogens is 1. The molecule has 5 unspecified atom stereocenters.